The van der Waals surface area contributed by atoms with Crippen molar-refractivity contribution in [1.82, 2.24) is 5.32 Å². The van der Waals surface area contributed by atoms with Crippen molar-refractivity contribution in [2.24, 2.45) is 0 Å². The van der Waals surface area contributed by atoms with Crippen LogP contribution in [0, 0.1) is 17.5 Å². The summed E-state index contributed by atoms with van der Waals surface area (Å²) in [5.74, 6) is -2.90. The number of benzene rings is 2. The number of hydrogen-bond acceptors (Lipinski definition) is 3. The van der Waals surface area contributed by atoms with E-state index in [1.165, 1.54) is 12.1 Å². The summed E-state index contributed by atoms with van der Waals surface area (Å²) in [6.45, 7) is -0.170. The Bertz CT molecular complexity index is 942. The van der Waals surface area contributed by atoms with E-state index in [1.54, 1.807) is 30.3 Å². The average Bonchev–Trinajstić information content (AvgIpc) is 3.12. The standard InChI is InChI=1S/C19H14F3NO2S/c20-13-4-2-1-3-12(13)17-7-8-18(26-17)19(25)23-10-16(24)11-5-6-14(21)15(22)9-11/h1-9,16,24H,10H2,(H,23,25)/t16-/m1/s1. The molecule has 0 aliphatic rings. The first-order valence-corrected chi connectivity index (χ1v) is 8.53. The van der Waals surface area contributed by atoms with Gasteiger partial charge in [0.15, 0.2) is 11.6 Å². The van der Waals surface area contributed by atoms with Crippen LogP contribution in [0.3, 0.4) is 0 Å². The minimum Gasteiger partial charge on any atom is -0.387 e. The van der Waals surface area contributed by atoms with Crippen molar-refractivity contribution in [3.63, 3.8) is 0 Å². The van der Waals surface area contributed by atoms with Gasteiger partial charge in [0.25, 0.3) is 5.91 Å². The van der Waals surface area contributed by atoms with Crippen LogP contribution in [0.1, 0.15) is 21.3 Å². The maximum atomic E-state index is 13.8. The topological polar surface area (TPSA) is 49.3 Å². The number of rotatable bonds is 5. The first-order valence-electron chi connectivity index (χ1n) is 7.71. The summed E-state index contributed by atoms with van der Waals surface area (Å²) in [4.78, 5) is 13.1. The summed E-state index contributed by atoms with van der Waals surface area (Å²) in [5.41, 5.74) is 0.556. The average molecular weight is 377 g/mol. The van der Waals surface area contributed by atoms with Gasteiger partial charge in [0.1, 0.15) is 5.82 Å². The fraction of sp³-hybridized carbons (Fsp3) is 0.105. The third-order valence-corrected chi connectivity index (χ3v) is 4.87. The Morgan fingerprint density at radius 2 is 1.77 bits per heavy atom. The van der Waals surface area contributed by atoms with Gasteiger partial charge in [-0.15, -0.1) is 11.3 Å². The van der Waals surface area contributed by atoms with Crippen molar-refractivity contribution in [3.05, 3.63) is 82.5 Å². The van der Waals surface area contributed by atoms with Gasteiger partial charge in [-0.1, -0.05) is 24.3 Å². The van der Waals surface area contributed by atoms with E-state index in [-0.39, 0.29) is 17.9 Å². The summed E-state index contributed by atoms with van der Waals surface area (Å²) in [5, 5.41) is 12.5. The molecule has 3 nitrogen and oxygen atoms in total. The van der Waals surface area contributed by atoms with E-state index < -0.39 is 23.6 Å². The van der Waals surface area contributed by atoms with Crippen LogP contribution in [0.15, 0.2) is 54.6 Å². The lowest BCUT2D eigenvalue weighted by molar-refractivity contribution is 0.0920. The molecule has 1 atom stereocenters. The van der Waals surface area contributed by atoms with Gasteiger partial charge < -0.3 is 10.4 Å². The van der Waals surface area contributed by atoms with Crippen LogP contribution < -0.4 is 5.32 Å². The summed E-state index contributed by atoms with van der Waals surface area (Å²) in [6.07, 6.45) is -1.18. The monoisotopic (exact) mass is 377 g/mol. The lowest BCUT2D eigenvalue weighted by atomic mass is 10.1. The molecule has 0 bridgehead atoms. The molecule has 134 valence electrons. The zero-order valence-corrected chi connectivity index (χ0v) is 14.2. The third-order valence-electron chi connectivity index (χ3n) is 3.75. The van der Waals surface area contributed by atoms with Crippen molar-refractivity contribution in [1.29, 1.82) is 0 Å². The fourth-order valence-corrected chi connectivity index (χ4v) is 3.33. The number of halogens is 3. The van der Waals surface area contributed by atoms with Gasteiger partial charge in [-0.2, -0.15) is 0 Å². The van der Waals surface area contributed by atoms with E-state index >= 15 is 0 Å². The zero-order chi connectivity index (χ0) is 18.7. The molecular weight excluding hydrogens is 363 g/mol. The molecule has 1 amide bonds. The molecule has 0 fully saturated rings. The first kappa shape index (κ1) is 18.2. The minimum atomic E-state index is -1.18. The Balaban J connectivity index is 1.65. The molecule has 1 aromatic heterocycles. The number of aliphatic hydroxyl groups excluding tert-OH is 1. The molecule has 2 aromatic carbocycles. The molecule has 3 rings (SSSR count). The molecule has 0 radical (unpaired) electrons. The van der Waals surface area contributed by atoms with Crippen molar-refractivity contribution in [2.45, 2.75) is 6.10 Å². The SMILES string of the molecule is O=C(NC[C@@H](O)c1ccc(F)c(F)c1)c1ccc(-c2ccccc2F)s1. The molecule has 0 aliphatic heterocycles. The molecule has 0 saturated heterocycles. The highest BCUT2D eigenvalue weighted by Gasteiger charge is 2.15. The summed E-state index contributed by atoms with van der Waals surface area (Å²) in [6, 6.07) is 12.5. The molecule has 0 unspecified atom stereocenters. The second-order valence-electron chi connectivity index (χ2n) is 5.54. The number of hydrogen-bond donors (Lipinski definition) is 2. The molecule has 0 aliphatic carbocycles. The number of carbonyl (C=O) groups excluding carboxylic acids is 1. The van der Waals surface area contributed by atoms with Crippen LogP contribution in [0.5, 0.6) is 0 Å². The lowest BCUT2D eigenvalue weighted by Crippen LogP contribution is -2.27. The Morgan fingerprint density at radius 1 is 1.00 bits per heavy atom. The number of nitrogens with one attached hydrogen (secondary N) is 1. The van der Waals surface area contributed by atoms with Crippen molar-refractivity contribution < 1.29 is 23.1 Å². The lowest BCUT2D eigenvalue weighted by Gasteiger charge is -2.12. The van der Waals surface area contributed by atoms with Crippen molar-refractivity contribution in [2.75, 3.05) is 6.54 Å². The van der Waals surface area contributed by atoms with Gasteiger partial charge in [0.2, 0.25) is 0 Å². The molecule has 7 heteroatoms. The molecule has 3 aromatic rings. The van der Waals surface area contributed by atoms with Crippen LogP contribution in [-0.2, 0) is 0 Å². The maximum Gasteiger partial charge on any atom is 0.261 e. The van der Waals surface area contributed by atoms with Crippen molar-refractivity contribution >= 4 is 17.2 Å². The quantitative estimate of drug-likeness (QED) is 0.697. The Morgan fingerprint density at radius 3 is 2.50 bits per heavy atom. The second-order valence-corrected chi connectivity index (χ2v) is 6.63. The van der Waals surface area contributed by atoms with E-state index in [2.05, 4.69) is 5.32 Å². The number of aliphatic hydroxyl groups is 1. The Hall–Kier alpha value is -2.64. The molecule has 2 N–H and O–H groups in total. The summed E-state index contributed by atoms with van der Waals surface area (Å²) >= 11 is 1.12. The number of thiophene rings is 1. The predicted molar refractivity (Wildman–Crippen MR) is 93.4 cm³/mol. The van der Waals surface area contributed by atoms with Gasteiger partial charge in [-0.3, -0.25) is 4.79 Å². The van der Waals surface area contributed by atoms with Gasteiger partial charge >= 0.3 is 0 Å². The van der Waals surface area contributed by atoms with E-state index in [4.69, 9.17) is 0 Å². The van der Waals surface area contributed by atoms with Crippen LogP contribution >= 0.6 is 11.3 Å². The van der Waals surface area contributed by atoms with E-state index in [0.29, 0.717) is 15.3 Å². The highest BCUT2D eigenvalue weighted by Crippen LogP contribution is 2.30. The maximum absolute atomic E-state index is 13.8. The fourth-order valence-electron chi connectivity index (χ4n) is 2.38. The van der Waals surface area contributed by atoms with Gasteiger partial charge in [-0.05, 0) is 35.9 Å². The molecule has 26 heavy (non-hydrogen) atoms. The minimum absolute atomic E-state index is 0.155. The molecule has 1 heterocycles. The molecule has 0 spiro atoms. The largest absolute Gasteiger partial charge is 0.387 e. The summed E-state index contributed by atoms with van der Waals surface area (Å²) in [7, 11) is 0. The highest BCUT2D eigenvalue weighted by atomic mass is 32.1. The van der Waals surface area contributed by atoms with E-state index in [1.807, 2.05) is 0 Å². The van der Waals surface area contributed by atoms with Crippen molar-refractivity contribution in [3.8, 4) is 10.4 Å². The first-order chi connectivity index (χ1) is 12.5. The zero-order valence-electron chi connectivity index (χ0n) is 13.4. The van der Waals surface area contributed by atoms with E-state index in [9.17, 15) is 23.1 Å². The third kappa shape index (κ3) is 3.95. The predicted octanol–water partition coefficient (Wildman–Crippen LogP) is 4.30. The van der Waals surface area contributed by atoms with Crippen LogP contribution in [0.25, 0.3) is 10.4 Å². The normalized spacial score (nSPS) is 12.0. The van der Waals surface area contributed by atoms with E-state index in [0.717, 1.165) is 23.5 Å². The smallest absolute Gasteiger partial charge is 0.261 e. The Kier molecular flexibility index (Phi) is 5.39. The second kappa shape index (κ2) is 7.72. The number of carbonyl (C=O) groups is 1. The number of amides is 1. The van der Waals surface area contributed by atoms with Gasteiger partial charge in [0, 0.05) is 17.0 Å². The summed E-state index contributed by atoms with van der Waals surface area (Å²) < 4.78 is 39.9. The van der Waals surface area contributed by atoms with Gasteiger partial charge in [0.05, 0.1) is 11.0 Å². The molecule has 0 saturated carbocycles. The van der Waals surface area contributed by atoms with Gasteiger partial charge in [-0.25, -0.2) is 13.2 Å². The van der Waals surface area contributed by atoms with Crippen LogP contribution in [0.4, 0.5) is 13.2 Å². The highest BCUT2D eigenvalue weighted by molar-refractivity contribution is 7.17. The van der Waals surface area contributed by atoms with Crippen LogP contribution in [-0.4, -0.2) is 17.6 Å². The van der Waals surface area contributed by atoms with Crippen LogP contribution in [0.2, 0.25) is 0 Å². The molecular formula is C19H14F3NO2S. The Labute approximate surface area is 151 Å².